The summed E-state index contributed by atoms with van der Waals surface area (Å²) in [4.78, 5) is 19.3. The quantitative estimate of drug-likeness (QED) is 0.183. The fourth-order valence-corrected chi connectivity index (χ4v) is 7.78. The average molecular weight is 669 g/mol. The molecule has 0 N–H and O–H groups in total. The monoisotopic (exact) mass is 668 g/mol. The molecule has 0 fully saturated rings. The summed E-state index contributed by atoms with van der Waals surface area (Å²) in [5.74, 6) is 1.89. The molecule has 1 aliphatic carbocycles. The van der Waals surface area contributed by atoms with Crippen molar-refractivity contribution in [3.63, 3.8) is 0 Å². The maximum Gasteiger partial charge on any atom is 0.164 e. The van der Waals surface area contributed by atoms with Gasteiger partial charge in [0.05, 0.1) is 0 Å². The molecule has 10 rings (SSSR count). The predicted octanol–water partition coefficient (Wildman–Crippen LogP) is 11.8. The van der Waals surface area contributed by atoms with Gasteiger partial charge in [0.15, 0.2) is 17.5 Å². The van der Waals surface area contributed by atoms with Crippen LogP contribution in [-0.2, 0) is 5.41 Å². The van der Waals surface area contributed by atoms with Crippen LogP contribution in [0.5, 0.6) is 0 Å². The Balaban J connectivity index is 1.05. The summed E-state index contributed by atoms with van der Waals surface area (Å²) < 4.78 is 6.53. The van der Waals surface area contributed by atoms with Gasteiger partial charge < -0.3 is 4.42 Å². The van der Waals surface area contributed by atoms with E-state index in [9.17, 15) is 0 Å². The lowest BCUT2D eigenvalue weighted by Crippen LogP contribution is -2.15. The van der Waals surface area contributed by atoms with Gasteiger partial charge in [-0.25, -0.2) is 15.0 Å². The Morgan fingerprint density at radius 3 is 1.87 bits per heavy atom. The van der Waals surface area contributed by atoms with Crippen molar-refractivity contribution in [3.8, 4) is 67.5 Å². The zero-order valence-electron chi connectivity index (χ0n) is 28.7. The highest BCUT2D eigenvalue weighted by Gasteiger charge is 2.38. The Labute approximate surface area is 301 Å². The van der Waals surface area contributed by atoms with Gasteiger partial charge in [-0.2, -0.15) is 0 Å². The summed E-state index contributed by atoms with van der Waals surface area (Å²) in [6, 6.07) is 50.6. The molecule has 0 unspecified atom stereocenters. The molecule has 246 valence electrons. The standard InChI is InChI=1S/C47H32N4O/c1-47(2)40-27-33(21-22-36(40)38-23-24-39-37-15-6-7-16-41(37)52-43(39)42(38)47)32-12-8-13-34(26-32)46-50-44(30-10-4-3-5-11-30)49-45(51-46)31-19-17-29(18-20-31)35-14-9-25-48-28-35/h3-28H,1-2H3. The second-order valence-electron chi connectivity index (χ2n) is 13.9. The van der Waals surface area contributed by atoms with Crippen molar-refractivity contribution in [3.05, 3.63) is 169 Å². The van der Waals surface area contributed by atoms with Gasteiger partial charge in [0.2, 0.25) is 0 Å². The van der Waals surface area contributed by atoms with Crippen LogP contribution in [0.15, 0.2) is 162 Å². The summed E-state index contributed by atoms with van der Waals surface area (Å²) in [5, 5.41) is 2.32. The number of fused-ring (bicyclic) bond motifs is 7. The largest absolute Gasteiger partial charge is 0.456 e. The molecule has 0 atom stereocenters. The number of benzene rings is 6. The molecule has 0 spiro atoms. The molecule has 6 aromatic carbocycles. The molecule has 0 aliphatic heterocycles. The Morgan fingerprint density at radius 2 is 1.08 bits per heavy atom. The lowest BCUT2D eigenvalue weighted by atomic mass is 9.81. The van der Waals surface area contributed by atoms with Crippen LogP contribution in [0, 0.1) is 0 Å². The van der Waals surface area contributed by atoms with E-state index >= 15 is 0 Å². The third-order valence-corrected chi connectivity index (χ3v) is 10.4. The van der Waals surface area contributed by atoms with Crippen LogP contribution in [0.4, 0.5) is 0 Å². The fraction of sp³-hybridized carbons (Fsp3) is 0.0638. The number of aromatic nitrogens is 4. The van der Waals surface area contributed by atoms with E-state index in [1.54, 1.807) is 6.20 Å². The molecular formula is C47H32N4O. The highest BCUT2D eigenvalue weighted by molar-refractivity contribution is 6.09. The number of nitrogens with zero attached hydrogens (tertiary/aromatic N) is 4. The maximum atomic E-state index is 6.53. The van der Waals surface area contributed by atoms with E-state index in [-0.39, 0.29) is 5.41 Å². The predicted molar refractivity (Wildman–Crippen MR) is 210 cm³/mol. The van der Waals surface area contributed by atoms with Gasteiger partial charge in [0.1, 0.15) is 11.2 Å². The number of hydrogen-bond acceptors (Lipinski definition) is 5. The summed E-state index contributed by atoms with van der Waals surface area (Å²) in [6.07, 6.45) is 3.66. The molecule has 1 aliphatic rings. The minimum atomic E-state index is -0.244. The van der Waals surface area contributed by atoms with Crippen LogP contribution in [0.1, 0.15) is 25.0 Å². The van der Waals surface area contributed by atoms with Crippen LogP contribution in [-0.4, -0.2) is 19.9 Å². The number of furan rings is 1. The molecule has 5 heteroatoms. The molecular weight excluding hydrogens is 637 g/mol. The maximum absolute atomic E-state index is 6.53. The molecule has 9 aromatic rings. The van der Waals surface area contributed by atoms with E-state index in [0.29, 0.717) is 17.5 Å². The van der Waals surface area contributed by atoms with Crippen LogP contribution in [0.3, 0.4) is 0 Å². The number of rotatable bonds is 5. The first-order chi connectivity index (χ1) is 25.5. The van der Waals surface area contributed by atoms with Gasteiger partial charge in [0.25, 0.3) is 0 Å². The van der Waals surface area contributed by atoms with Gasteiger partial charge >= 0.3 is 0 Å². The van der Waals surface area contributed by atoms with Gasteiger partial charge in [0, 0.05) is 50.8 Å². The number of hydrogen-bond donors (Lipinski definition) is 0. The highest BCUT2D eigenvalue weighted by atomic mass is 16.3. The molecule has 3 heterocycles. The van der Waals surface area contributed by atoms with Crippen LogP contribution in [0.2, 0.25) is 0 Å². The minimum absolute atomic E-state index is 0.244. The SMILES string of the molecule is CC1(C)c2cc(-c3cccc(-c4nc(-c5ccccc5)nc(-c5ccc(-c6cccnc6)cc5)n4)c3)ccc2-c2ccc3c(oc4ccccc43)c21. The van der Waals surface area contributed by atoms with Crippen molar-refractivity contribution in [1.29, 1.82) is 0 Å². The Morgan fingerprint density at radius 1 is 0.462 bits per heavy atom. The molecule has 0 amide bonds. The van der Waals surface area contributed by atoms with Gasteiger partial charge in [-0.05, 0) is 69.3 Å². The second-order valence-corrected chi connectivity index (χ2v) is 13.9. The van der Waals surface area contributed by atoms with Gasteiger partial charge in [-0.3, -0.25) is 4.98 Å². The van der Waals surface area contributed by atoms with Crippen LogP contribution in [0.25, 0.3) is 89.5 Å². The van der Waals surface area contributed by atoms with Crippen molar-refractivity contribution >= 4 is 21.9 Å². The molecule has 0 saturated heterocycles. The number of para-hydroxylation sites is 1. The minimum Gasteiger partial charge on any atom is -0.456 e. The zero-order valence-corrected chi connectivity index (χ0v) is 28.7. The molecule has 5 nitrogen and oxygen atoms in total. The van der Waals surface area contributed by atoms with Gasteiger partial charge in [-0.15, -0.1) is 0 Å². The van der Waals surface area contributed by atoms with E-state index in [1.807, 2.05) is 48.7 Å². The molecule has 3 aromatic heterocycles. The Kier molecular flexibility index (Phi) is 6.77. The van der Waals surface area contributed by atoms with E-state index in [4.69, 9.17) is 19.4 Å². The summed E-state index contributed by atoms with van der Waals surface area (Å²) in [7, 11) is 0. The Bertz CT molecular complexity index is 2800. The van der Waals surface area contributed by atoms with Gasteiger partial charge in [-0.1, -0.05) is 129 Å². The summed E-state index contributed by atoms with van der Waals surface area (Å²) in [5.41, 5.74) is 13.9. The Hall–Kier alpha value is -6.72. The highest BCUT2D eigenvalue weighted by Crippen LogP contribution is 2.53. The van der Waals surface area contributed by atoms with Crippen LogP contribution >= 0.6 is 0 Å². The first-order valence-corrected chi connectivity index (χ1v) is 17.5. The van der Waals surface area contributed by atoms with Crippen molar-refractivity contribution in [1.82, 2.24) is 19.9 Å². The molecule has 0 saturated carbocycles. The smallest absolute Gasteiger partial charge is 0.164 e. The fourth-order valence-electron chi connectivity index (χ4n) is 7.78. The third kappa shape index (κ3) is 4.85. The first kappa shape index (κ1) is 30.1. The van der Waals surface area contributed by atoms with E-state index < -0.39 is 0 Å². The average Bonchev–Trinajstić information content (AvgIpc) is 3.70. The van der Waals surface area contributed by atoms with Crippen molar-refractivity contribution < 1.29 is 4.42 Å². The summed E-state index contributed by atoms with van der Waals surface area (Å²) >= 11 is 0. The molecule has 0 bridgehead atoms. The van der Waals surface area contributed by atoms with Crippen LogP contribution < -0.4 is 0 Å². The lowest BCUT2D eigenvalue weighted by molar-refractivity contribution is 0.620. The molecule has 0 radical (unpaired) electrons. The van der Waals surface area contributed by atoms with Crippen molar-refractivity contribution in [2.75, 3.05) is 0 Å². The normalized spacial score (nSPS) is 13.0. The van der Waals surface area contributed by atoms with E-state index in [0.717, 1.165) is 55.5 Å². The lowest BCUT2D eigenvalue weighted by Gasteiger charge is -2.22. The van der Waals surface area contributed by atoms with Crippen molar-refractivity contribution in [2.24, 2.45) is 0 Å². The third-order valence-electron chi connectivity index (χ3n) is 10.4. The number of pyridine rings is 1. The first-order valence-electron chi connectivity index (χ1n) is 17.5. The zero-order chi connectivity index (χ0) is 34.8. The van der Waals surface area contributed by atoms with Crippen molar-refractivity contribution in [2.45, 2.75) is 19.3 Å². The topological polar surface area (TPSA) is 64.7 Å². The summed E-state index contributed by atoms with van der Waals surface area (Å²) in [6.45, 7) is 4.62. The van der Waals surface area contributed by atoms with E-state index in [2.05, 4.69) is 122 Å². The second kappa shape index (κ2) is 11.7. The molecule has 52 heavy (non-hydrogen) atoms. The van der Waals surface area contributed by atoms with E-state index in [1.165, 1.54) is 27.6 Å².